The molecule has 1 aromatic heterocycles. The summed E-state index contributed by atoms with van der Waals surface area (Å²) in [6, 6.07) is 1.35. The molecule has 0 aliphatic carbocycles. The number of aryl methyl sites for hydroxylation is 1. The van der Waals surface area contributed by atoms with Gasteiger partial charge in [-0.2, -0.15) is 0 Å². The molecular formula is C9H11N3O5. The van der Waals surface area contributed by atoms with Gasteiger partial charge in [0.1, 0.15) is 18.8 Å². The maximum Gasteiger partial charge on any atom is 0.323 e. The minimum absolute atomic E-state index is 0.0648. The smallest absolute Gasteiger partial charge is 0.323 e. The van der Waals surface area contributed by atoms with E-state index in [4.69, 9.17) is 10.8 Å². The lowest BCUT2D eigenvalue weighted by molar-refractivity contribution is -0.138. The maximum absolute atomic E-state index is 11.8. The van der Waals surface area contributed by atoms with Crippen LogP contribution in [0.3, 0.4) is 0 Å². The van der Waals surface area contributed by atoms with Gasteiger partial charge in [-0.3, -0.25) is 14.4 Å². The van der Waals surface area contributed by atoms with Crippen LogP contribution in [0.1, 0.15) is 16.2 Å². The van der Waals surface area contributed by atoms with Crippen LogP contribution in [0.2, 0.25) is 0 Å². The number of hydrogen-bond donors (Lipinski definition) is 2. The quantitative estimate of drug-likeness (QED) is 0.680. The summed E-state index contributed by atoms with van der Waals surface area (Å²) in [5.41, 5.74) is 4.86. The molecule has 0 atom stereocenters. The van der Waals surface area contributed by atoms with Gasteiger partial charge in [0.25, 0.3) is 5.91 Å². The Morgan fingerprint density at radius 3 is 2.53 bits per heavy atom. The van der Waals surface area contributed by atoms with Gasteiger partial charge in [-0.1, -0.05) is 5.16 Å². The van der Waals surface area contributed by atoms with Gasteiger partial charge in [-0.15, -0.1) is 0 Å². The summed E-state index contributed by atoms with van der Waals surface area (Å²) < 4.78 is 4.68. The number of nitrogens with zero attached hydrogens (tertiary/aromatic N) is 2. The fourth-order valence-electron chi connectivity index (χ4n) is 1.18. The maximum atomic E-state index is 11.8. The first kappa shape index (κ1) is 12.7. The molecule has 92 valence electrons. The summed E-state index contributed by atoms with van der Waals surface area (Å²) in [5, 5.41) is 12.0. The monoisotopic (exact) mass is 241 g/mol. The lowest BCUT2D eigenvalue weighted by Gasteiger charge is -2.16. The number of carboxylic acids is 1. The highest BCUT2D eigenvalue weighted by atomic mass is 16.5. The van der Waals surface area contributed by atoms with Crippen LogP contribution < -0.4 is 5.73 Å². The molecule has 0 spiro atoms. The van der Waals surface area contributed by atoms with Crippen molar-refractivity contribution in [1.82, 2.24) is 10.1 Å². The molecule has 1 heterocycles. The molecule has 0 aromatic carbocycles. The lowest BCUT2D eigenvalue weighted by atomic mass is 10.3. The SMILES string of the molecule is Cc1cc(C(=O)N(CC(N)=O)CC(=O)O)no1. The number of aliphatic carboxylic acids is 1. The van der Waals surface area contributed by atoms with Crippen LogP contribution in [-0.2, 0) is 9.59 Å². The van der Waals surface area contributed by atoms with E-state index in [9.17, 15) is 14.4 Å². The molecule has 0 saturated carbocycles. The van der Waals surface area contributed by atoms with Crippen LogP contribution in [0.15, 0.2) is 10.6 Å². The zero-order valence-corrected chi connectivity index (χ0v) is 9.04. The van der Waals surface area contributed by atoms with Crippen LogP contribution in [0.4, 0.5) is 0 Å². The predicted octanol–water partition coefficient (Wildman–Crippen LogP) is -1.00. The largest absolute Gasteiger partial charge is 0.480 e. The second kappa shape index (κ2) is 5.10. The van der Waals surface area contributed by atoms with Crippen molar-refractivity contribution in [1.29, 1.82) is 0 Å². The Kier molecular flexibility index (Phi) is 3.81. The van der Waals surface area contributed by atoms with E-state index >= 15 is 0 Å². The summed E-state index contributed by atoms with van der Waals surface area (Å²) in [7, 11) is 0. The van der Waals surface area contributed by atoms with Crippen molar-refractivity contribution in [2.24, 2.45) is 5.73 Å². The van der Waals surface area contributed by atoms with E-state index < -0.39 is 30.9 Å². The van der Waals surface area contributed by atoms with Gasteiger partial charge < -0.3 is 20.3 Å². The fraction of sp³-hybridized carbons (Fsp3) is 0.333. The van der Waals surface area contributed by atoms with Crippen molar-refractivity contribution in [3.63, 3.8) is 0 Å². The van der Waals surface area contributed by atoms with Crippen molar-refractivity contribution in [2.45, 2.75) is 6.92 Å². The highest BCUT2D eigenvalue weighted by molar-refractivity contribution is 5.96. The van der Waals surface area contributed by atoms with Gasteiger partial charge in [0.2, 0.25) is 5.91 Å². The molecule has 17 heavy (non-hydrogen) atoms. The lowest BCUT2D eigenvalue weighted by Crippen LogP contribution is -2.41. The standard InChI is InChI=1S/C9H11N3O5/c1-5-2-6(11-17-5)9(16)12(3-7(10)13)4-8(14)15/h2H,3-4H2,1H3,(H2,10,13)(H,14,15). The Bertz CT molecular complexity index is 437. The highest BCUT2D eigenvalue weighted by Crippen LogP contribution is 2.05. The Hall–Kier alpha value is -2.38. The minimum Gasteiger partial charge on any atom is -0.480 e. The Labute approximate surface area is 96.0 Å². The molecule has 0 radical (unpaired) electrons. The van der Waals surface area contributed by atoms with Gasteiger partial charge in [-0.25, -0.2) is 0 Å². The first-order valence-electron chi connectivity index (χ1n) is 4.63. The number of nitrogens with two attached hydrogens (primary N) is 1. The zero-order chi connectivity index (χ0) is 13.0. The number of primary amides is 1. The van der Waals surface area contributed by atoms with E-state index in [-0.39, 0.29) is 5.69 Å². The van der Waals surface area contributed by atoms with Crippen molar-refractivity contribution in [2.75, 3.05) is 13.1 Å². The summed E-state index contributed by atoms with van der Waals surface area (Å²) in [4.78, 5) is 33.8. The molecule has 2 amide bonds. The van der Waals surface area contributed by atoms with Crippen molar-refractivity contribution >= 4 is 17.8 Å². The molecule has 0 unspecified atom stereocenters. The fourth-order valence-corrected chi connectivity index (χ4v) is 1.18. The first-order valence-corrected chi connectivity index (χ1v) is 4.63. The van der Waals surface area contributed by atoms with E-state index in [1.807, 2.05) is 0 Å². The molecular weight excluding hydrogens is 230 g/mol. The van der Waals surface area contributed by atoms with Crippen LogP contribution in [0.25, 0.3) is 0 Å². The van der Waals surface area contributed by atoms with E-state index in [1.54, 1.807) is 6.92 Å². The second-order valence-electron chi connectivity index (χ2n) is 3.34. The molecule has 3 N–H and O–H groups in total. The van der Waals surface area contributed by atoms with Crippen LogP contribution >= 0.6 is 0 Å². The van der Waals surface area contributed by atoms with E-state index in [0.717, 1.165) is 4.90 Å². The minimum atomic E-state index is -1.25. The molecule has 0 aliphatic heterocycles. The van der Waals surface area contributed by atoms with Crippen molar-refractivity contribution in [3.8, 4) is 0 Å². The summed E-state index contributed by atoms with van der Waals surface area (Å²) in [6.45, 7) is 0.462. The first-order chi connectivity index (χ1) is 7.90. The number of carboxylic acid groups (broad SMARTS) is 1. The number of carbonyl (C=O) groups excluding carboxylic acids is 2. The molecule has 0 saturated heterocycles. The Morgan fingerprint density at radius 2 is 2.12 bits per heavy atom. The zero-order valence-electron chi connectivity index (χ0n) is 9.04. The van der Waals surface area contributed by atoms with E-state index in [2.05, 4.69) is 9.68 Å². The molecule has 0 bridgehead atoms. The van der Waals surface area contributed by atoms with Gasteiger partial charge in [0, 0.05) is 6.07 Å². The number of hydrogen-bond acceptors (Lipinski definition) is 5. The van der Waals surface area contributed by atoms with Crippen molar-refractivity contribution in [3.05, 3.63) is 17.5 Å². The third-order valence-corrected chi connectivity index (χ3v) is 1.81. The molecule has 0 fully saturated rings. The van der Waals surface area contributed by atoms with Crippen LogP contribution in [-0.4, -0.2) is 46.0 Å². The summed E-state index contributed by atoms with van der Waals surface area (Å²) in [6.07, 6.45) is 0. The summed E-state index contributed by atoms with van der Waals surface area (Å²) >= 11 is 0. The highest BCUT2D eigenvalue weighted by Gasteiger charge is 2.22. The Morgan fingerprint density at radius 1 is 1.47 bits per heavy atom. The van der Waals surface area contributed by atoms with Gasteiger partial charge in [-0.05, 0) is 6.92 Å². The number of amides is 2. The second-order valence-corrected chi connectivity index (χ2v) is 3.34. The molecule has 8 heteroatoms. The van der Waals surface area contributed by atoms with E-state index in [0.29, 0.717) is 5.76 Å². The average Bonchev–Trinajstić information content (AvgIpc) is 2.61. The Balaban J connectivity index is 2.85. The van der Waals surface area contributed by atoms with E-state index in [1.165, 1.54) is 6.07 Å². The van der Waals surface area contributed by atoms with Gasteiger partial charge in [0.05, 0.1) is 0 Å². The molecule has 1 aromatic rings. The van der Waals surface area contributed by atoms with Gasteiger partial charge in [0.15, 0.2) is 5.69 Å². The molecule has 0 aliphatic rings. The van der Waals surface area contributed by atoms with Gasteiger partial charge >= 0.3 is 5.97 Å². The molecule has 8 nitrogen and oxygen atoms in total. The number of carbonyl (C=O) groups is 3. The third kappa shape index (κ3) is 3.59. The number of rotatable bonds is 5. The van der Waals surface area contributed by atoms with Crippen LogP contribution in [0.5, 0.6) is 0 Å². The number of aromatic nitrogens is 1. The predicted molar refractivity (Wildman–Crippen MR) is 54.0 cm³/mol. The summed E-state index contributed by atoms with van der Waals surface area (Å²) in [5.74, 6) is -2.37. The van der Waals surface area contributed by atoms with Crippen LogP contribution in [0, 0.1) is 6.92 Å². The van der Waals surface area contributed by atoms with Crippen molar-refractivity contribution < 1.29 is 24.0 Å². The average molecular weight is 241 g/mol. The normalized spacial score (nSPS) is 9.94. The third-order valence-electron chi connectivity index (χ3n) is 1.81. The molecule has 1 rings (SSSR count). The topological polar surface area (TPSA) is 127 Å².